The summed E-state index contributed by atoms with van der Waals surface area (Å²) in [5, 5.41) is 7.76. The summed E-state index contributed by atoms with van der Waals surface area (Å²) in [5.74, 6) is -1.21. The molecular weight excluding hydrogens is 378 g/mol. The Hall–Kier alpha value is -2.56. The molecule has 0 aliphatic carbocycles. The normalized spacial score (nSPS) is 13.8. The predicted octanol–water partition coefficient (Wildman–Crippen LogP) is 0.594. The Balaban J connectivity index is 1.64. The van der Waals surface area contributed by atoms with Gasteiger partial charge in [0.2, 0.25) is 10.0 Å². The van der Waals surface area contributed by atoms with E-state index in [1.807, 2.05) is 0 Å². The quantitative estimate of drug-likeness (QED) is 0.719. The number of benzene rings is 1. The van der Waals surface area contributed by atoms with Crippen molar-refractivity contribution in [3.63, 3.8) is 0 Å². The second-order valence-electron chi connectivity index (χ2n) is 5.70. The monoisotopic (exact) mass is 393 g/mol. The van der Waals surface area contributed by atoms with Gasteiger partial charge in [-0.25, -0.2) is 13.6 Å². The Kier molecular flexibility index (Phi) is 4.65. The van der Waals surface area contributed by atoms with Crippen LogP contribution in [0.5, 0.6) is 0 Å². The average Bonchev–Trinajstić information content (AvgIpc) is 3.15. The zero-order chi connectivity index (χ0) is 19.1. The maximum Gasteiger partial charge on any atom is 0.261 e. The molecule has 1 aliphatic heterocycles. The molecule has 0 unspecified atom stereocenters. The van der Waals surface area contributed by atoms with Crippen LogP contribution in [0.3, 0.4) is 0 Å². The molecule has 1 aromatic carbocycles. The molecule has 136 valence electrons. The number of carbonyl (C=O) groups excluding carboxylic acids is 3. The molecule has 2 aromatic rings. The number of thiophene rings is 1. The lowest BCUT2D eigenvalue weighted by molar-refractivity contribution is 0.0693. The van der Waals surface area contributed by atoms with Gasteiger partial charge in [0.1, 0.15) is 4.21 Å². The van der Waals surface area contributed by atoms with Crippen LogP contribution in [0.4, 0.5) is 0 Å². The molecule has 0 spiro atoms. The molecule has 8 nitrogen and oxygen atoms in total. The first-order valence-corrected chi connectivity index (χ1v) is 9.91. The van der Waals surface area contributed by atoms with E-state index in [-0.39, 0.29) is 39.3 Å². The minimum atomic E-state index is -3.72. The van der Waals surface area contributed by atoms with Gasteiger partial charge in [0.05, 0.1) is 11.1 Å². The van der Waals surface area contributed by atoms with E-state index >= 15 is 0 Å². The van der Waals surface area contributed by atoms with Gasteiger partial charge in [-0.3, -0.25) is 19.3 Å². The van der Waals surface area contributed by atoms with Crippen LogP contribution >= 0.6 is 11.3 Å². The van der Waals surface area contributed by atoms with E-state index in [2.05, 4.69) is 5.32 Å². The number of amides is 3. The number of nitrogens with two attached hydrogens (primary N) is 1. The fourth-order valence-corrected chi connectivity index (χ4v) is 4.33. The molecule has 3 rings (SSSR count). The fraction of sp³-hybridized carbons (Fsp3) is 0.188. The van der Waals surface area contributed by atoms with Crippen molar-refractivity contribution in [3.05, 3.63) is 51.9 Å². The van der Waals surface area contributed by atoms with E-state index in [4.69, 9.17) is 5.14 Å². The third kappa shape index (κ3) is 3.39. The third-order valence-corrected chi connectivity index (χ3v) is 6.51. The van der Waals surface area contributed by atoms with Crippen molar-refractivity contribution in [2.45, 2.75) is 10.6 Å². The second kappa shape index (κ2) is 6.63. The van der Waals surface area contributed by atoms with Crippen LogP contribution in [0.1, 0.15) is 36.0 Å². The smallest absolute Gasteiger partial charge is 0.261 e. The third-order valence-electron chi connectivity index (χ3n) is 3.93. The zero-order valence-corrected chi connectivity index (χ0v) is 15.3. The van der Waals surface area contributed by atoms with Crippen molar-refractivity contribution >= 4 is 39.1 Å². The summed E-state index contributed by atoms with van der Waals surface area (Å²) in [4.78, 5) is 37.8. The first kappa shape index (κ1) is 18.2. The number of fused-ring (bicyclic) bond motifs is 1. The van der Waals surface area contributed by atoms with Crippen LogP contribution in [0.2, 0.25) is 0 Å². The molecule has 2 heterocycles. The van der Waals surface area contributed by atoms with Crippen LogP contribution in [0.15, 0.2) is 34.5 Å². The Bertz CT molecular complexity index is 1030. The minimum absolute atomic E-state index is 0.0738. The van der Waals surface area contributed by atoms with Gasteiger partial charge in [-0.1, -0.05) is 0 Å². The summed E-state index contributed by atoms with van der Waals surface area (Å²) in [6.07, 6.45) is 0.441. The molecule has 0 atom stereocenters. The number of hydrogen-bond donors (Lipinski definition) is 2. The highest BCUT2D eigenvalue weighted by Crippen LogP contribution is 2.23. The van der Waals surface area contributed by atoms with Crippen molar-refractivity contribution in [2.24, 2.45) is 5.14 Å². The Morgan fingerprint density at radius 1 is 1.15 bits per heavy atom. The maximum absolute atomic E-state index is 12.2. The van der Waals surface area contributed by atoms with Gasteiger partial charge in [-0.2, -0.15) is 0 Å². The summed E-state index contributed by atoms with van der Waals surface area (Å²) in [7, 11) is -2.33. The van der Waals surface area contributed by atoms with Crippen LogP contribution in [0, 0.1) is 0 Å². The number of rotatable bonds is 5. The highest BCUT2D eigenvalue weighted by atomic mass is 32.2. The van der Waals surface area contributed by atoms with Gasteiger partial charge < -0.3 is 5.32 Å². The highest BCUT2D eigenvalue weighted by Gasteiger charge is 2.33. The van der Waals surface area contributed by atoms with E-state index < -0.39 is 15.9 Å². The van der Waals surface area contributed by atoms with E-state index in [9.17, 15) is 22.8 Å². The molecule has 0 radical (unpaired) electrons. The summed E-state index contributed by atoms with van der Waals surface area (Å²) in [6.45, 7) is 0.285. The molecule has 1 aromatic heterocycles. The average molecular weight is 393 g/mol. The number of nitrogens with zero attached hydrogens (tertiary/aromatic N) is 1. The summed E-state index contributed by atoms with van der Waals surface area (Å²) < 4.78 is 22.6. The molecule has 0 fully saturated rings. The number of carbonyl (C=O) groups is 3. The van der Waals surface area contributed by atoms with E-state index in [1.54, 1.807) is 6.07 Å². The van der Waals surface area contributed by atoms with Crippen LogP contribution in [-0.2, 0) is 16.4 Å². The van der Waals surface area contributed by atoms with E-state index in [1.165, 1.54) is 31.3 Å². The number of nitrogens with one attached hydrogen (secondary N) is 1. The number of hydrogen-bond acceptors (Lipinski definition) is 6. The highest BCUT2D eigenvalue weighted by molar-refractivity contribution is 7.91. The van der Waals surface area contributed by atoms with Crippen molar-refractivity contribution in [2.75, 3.05) is 13.6 Å². The largest absolute Gasteiger partial charge is 0.352 e. The Labute approximate surface area is 153 Å². The standard InChI is InChI=1S/C16H15N3O5S2/c1-19-15(21)11-4-2-9(8-12(11)16(19)22)14(20)18-7-6-10-3-5-13(25-10)26(17,23)24/h2-5,8H,6-7H2,1H3,(H,18,20)(H2,17,23,24). The van der Waals surface area contributed by atoms with Gasteiger partial charge in [0.15, 0.2) is 0 Å². The van der Waals surface area contributed by atoms with Gasteiger partial charge >= 0.3 is 0 Å². The first-order valence-electron chi connectivity index (χ1n) is 7.54. The van der Waals surface area contributed by atoms with Crippen LogP contribution in [-0.4, -0.2) is 44.6 Å². The number of sulfonamides is 1. The lowest BCUT2D eigenvalue weighted by Gasteiger charge is -2.05. The van der Waals surface area contributed by atoms with Gasteiger partial charge in [0.25, 0.3) is 17.7 Å². The molecule has 26 heavy (non-hydrogen) atoms. The van der Waals surface area contributed by atoms with Crippen molar-refractivity contribution in [1.29, 1.82) is 0 Å². The molecule has 10 heteroatoms. The van der Waals surface area contributed by atoms with E-state index in [0.717, 1.165) is 21.1 Å². The Morgan fingerprint density at radius 3 is 2.50 bits per heavy atom. The van der Waals surface area contributed by atoms with Crippen LogP contribution in [0.25, 0.3) is 0 Å². The van der Waals surface area contributed by atoms with E-state index in [0.29, 0.717) is 6.42 Å². The number of imide groups is 1. The first-order chi connectivity index (χ1) is 12.2. The zero-order valence-electron chi connectivity index (χ0n) is 13.7. The molecule has 0 saturated heterocycles. The fourth-order valence-electron chi connectivity index (χ4n) is 2.55. The van der Waals surface area contributed by atoms with Gasteiger partial charge in [-0.05, 0) is 36.8 Å². The Morgan fingerprint density at radius 2 is 1.85 bits per heavy atom. The van der Waals surface area contributed by atoms with Gasteiger partial charge in [0, 0.05) is 24.0 Å². The summed E-state index contributed by atoms with van der Waals surface area (Å²) >= 11 is 1.05. The summed E-state index contributed by atoms with van der Waals surface area (Å²) in [5.41, 5.74) is 0.765. The molecule has 3 N–H and O–H groups in total. The molecule has 0 bridgehead atoms. The minimum Gasteiger partial charge on any atom is -0.352 e. The SMILES string of the molecule is CN1C(=O)c2ccc(C(=O)NCCc3ccc(S(N)(=O)=O)s3)cc2C1=O. The summed E-state index contributed by atoms with van der Waals surface area (Å²) in [6, 6.07) is 7.43. The molecule has 1 aliphatic rings. The molecule has 0 saturated carbocycles. The molecular formula is C16H15N3O5S2. The van der Waals surface area contributed by atoms with Crippen LogP contribution < -0.4 is 10.5 Å². The van der Waals surface area contributed by atoms with Gasteiger partial charge in [-0.15, -0.1) is 11.3 Å². The van der Waals surface area contributed by atoms with Crippen molar-refractivity contribution in [1.82, 2.24) is 10.2 Å². The second-order valence-corrected chi connectivity index (χ2v) is 8.66. The maximum atomic E-state index is 12.2. The van der Waals surface area contributed by atoms with Crippen molar-refractivity contribution in [3.8, 4) is 0 Å². The lowest BCUT2D eigenvalue weighted by Crippen LogP contribution is -2.26. The topological polar surface area (TPSA) is 127 Å². The predicted molar refractivity (Wildman–Crippen MR) is 94.6 cm³/mol. The lowest BCUT2D eigenvalue weighted by atomic mass is 10.1. The molecule has 3 amide bonds. The van der Waals surface area contributed by atoms with Crippen molar-refractivity contribution < 1.29 is 22.8 Å². The number of primary sulfonamides is 1.